The van der Waals surface area contributed by atoms with Gasteiger partial charge in [0.15, 0.2) is 0 Å². The summed E-state index contributed by atoms with van der Waals surface area (Å²) >= 11 is 0. The minimum Gasteiger partial charge on any atom is -0.465 e. The number of anilines is 1. The Morgan fingerprint density at radius 1 is 1.33 bits per heavy atom. The van der Waals surface area contributed by atoms with Gasteiger partial charge in [-0.25, -0.2) is 9.18 Å². The number of para-hydroxylation sites is 1. The van der Waals surface area contributed by atoms with E-state index in [4.69, 9.17) is 4.74 Å². The highest BCUT2D eigenvalue weighted by Crippen LogP contribution is 2.24. The van der Waals surface area contributed by atoms with Crippen molar-refractivity contribution in [3.63, 3.8) is 0 Å². The summed E-state index contributed by atoms with van der Waals surface area (Å²) in [7, 11) is 1.35. The number of nitrogens with zero attached hydrogens (tertiary/aromatic N) is 1. The van der Waals surface area contributed by atoms with Crippen molar-refractivity contribution in [1.82, 2.24) is 4.98 Å². The Balaban J connectivity index is 2.27. The van der Waals surface area contributed by atoms with Gasteiger partial charge in [-0.05, 0) is 30.7 Å². The van der Waals surface area contributed by atoms with Crippen LogP contribution in [0.2, 0.25) is 0 Å². The monoisotopic (exact) mass is 288 g/mol. The van der Waals surface area contributed by atoms with Gasteiger partial charge in [-0.2, -0.15) is 0 Å². The van der Waals surface area contributed by atoms with Crippen molar-refractivity contribution < 1.29 is 13.9 Å². The zero-order valence-corrected chi connectivity index (χ0v) is 12.0. The van der Waals surface area contributed by atoms with Gasteiger partial charge >= 0.3 is 5.97 Å². The van der Waals surface area contributed by atoms with E-state index in [1.807, 2.05) is 13.0 Å². The van der Waals surface area contributed by atoms with Crippen LogP contribution in [0, 0.1) is 5.82 Å². The van der Waals surface area contributed by atoms with Gasteiger partial charge in [0, 0.05) is 5.69 Å². The Morgan fingerprint density at radius 2 is 2.10 bits per heavy atom. The minimum absolute atomic E-state index is 0.114. The van der Waals surface area contributed by atoms with E-state index < -0.39 is 5.97 Å². The van der Waals surface area contributed by atoms with Crippen molar-refractivity contribution in [1.29, 1.82) is 0 Å². The molecule has 0 aliphatic carbocycles. The van der Waals surface area contributed by atoms with Crippen LogP contribution in [0.5, 0.6) is 0 Å². The fourth-order valence-corrected chi connectivity index (χ4v) is 2.06. The third-order valence-electron chi connectivity index (χ3n) is 3.18. The van der Waals surface area contributed by atoms with Crippen LogP contribution in [0.3, 0.4) is 0 Å². The van der Waals surface area contributed by atoms with Crippen molar-refractivity contribution in [3.8, 4) is 0 Å². The smallest absolute Gasteiger partial charge is 0.339 e. The predicted octanol–water partition coefficient (Wildman–Crippen LogP) is 3.57. The van der Waals surface area contributed by atoms with Crippen molar-refractivity contribution in [2.75, 3.05) is 12.4 Å². The molecule has 1 heterocycles. The number of ether oxygens (including phenoxy) is 1. The fourth-order valence-electron chi connectivity index (χ4n) is 2.06. The number of benzene rings is 1. The second-order valence-electron chi connectivity index (χ2n) is 4.54. The number of rotatable bonds is 5. The third kappa shape index (κ3) is 3.56. The number of carbonyl (C=O) groups excluding carboxylic acids is 1. The molecule has 110 valence electrons. The molecule has 0 radical (unpaired) electrons. The van der Waals surface area contributed by atoms with E-state index in [1.54, 1.807) is 24.3 Å². The van der Waals surface area contributed by atoms with E-state index in [-0.39, 0.29) is 11.9 Å². The van der Waals surface area contributed by atoms with Crippen molar-refractivity contribution in [3.05, 3.63) is 59.7 Å². The first-order chi connectivity index (χ1) is 10.2. The molecular formula is C16H17FN2O2. The Morgan fingerprint density at radius 3 is 2.71 bits per heavy atom. The molecule has 0 aliphatic heterocycles. The van der Waals surface area contributed by atoms with Crippen LogP contribution < -0.4 is 5.32 Å². The maximum Gasteiger partial charge on any atom is 0.339 e. The van der Waals surface area contributed by atoms with Crippen LogP contribution in [0.25, 0.3) is 0 Å². The van der Waals surface area contributed by atoms with Gasteiger partial charge in [0.05, 0.1) is 30.6 Å². The van der Waals surface area contributed by atoms with Crippen molar-refractivity contribution in [2.45, 2.75) is 19.4 Å². The highest BCUT2D eigenvalue weighted by atomic mass is 19.1. The van der Waals surface area contributed by atoms with Crippen LogP contribution in [0.15, 0.2) is 42.6 Å². The first kappa shape index (κ1) is 15.0. The summed E-state index contributed by atoms with van der Waals surface area (Å²) in [5.41, 5.74) is 1.85. The van der Waals surface area contributed by atoms with E-state index in [2.05, 4.69) is 10.3 Å². The number of methoxy groups -OCH3 is 1. The molecule has 0 aliphatic rings. The maximum absolute atomic E-state index is 13.0. The number of carbonyl (C=O) groups is 1. The molecule has 0 fully saturated rings. The summed E-state index contributed by atoms with van der Waals surface area (Å²) in [6.07, 6.45) is 1.93. The lowest BCUT2D eigenvalue weighted by molar-refractivity contribution is 0.0602. The largest absolute Gasteiger partial charge is 0.465 e. The van der Waals surface area contributed by atoms with Crippen LogP contribution in [0.4, 0.5) is 10.1 Å². The molecule has 1 atom stereocenters. The second kappa shape index (κ2) is 6.83. The predicted molar refractivity (Wildman–Crippen MR) is 78.6 cm³/mol. The van der Waals surface area contributed by atoms with Gasteiger partial charge in [0.2, 0.25) is 0 Å². The number of hydrogen-bond acceptors (Lipinski definition) is 4. The molecule has 0 bridgehead atoms. The molecular weight excluding hydrogens is 271 g/mol. The molecule has 5 heteroatoms. The third-order valence-corrected chi connectivity index (χ3v) is 3.18. The van der Waals surface area contributed by atoms with Crippen molar-refractivity contribution in [2.24, 2.45) is 0 Å². The molecule has 1 aromatic heterocycles. The SMILES string of the molecule is CCC(Nc1ccccc1C(=O)OC)c1ccc(F)cn1. The normalized spacial score (nSPS) is 11.8. The average molecular weight is 288 g/mol. The summed E-state index contributed by atoms with van der Waals surface area (Å²) in [6, 6.07) is 10.00. The van der Waals surface area contributed by atoms with E-state index in [9.17, 15) is 9.18 Å². The number of halogens is 1. The first-order valence-corrected chi connectivity index (χ1v) is 6.71. The molecule has 1 aromatic carbocycles. The molecule has 1 N–H and O–H groups in total. The Labute approximate surface area is 123 Å². The summed E-state index contributed by atoms with van der Waals surface area (Å²) in [5.74, 6) is -0.774. The minimum atomic E-state index is -0.403. The molecule has 0 saturated carbocycles. The number of hydrogen-bond donors (Lipinski definition) is 1. The van der Waals surface area contributed by atoms with E-state index >= 15 is 0 Å². The quantitative estimate of drug-likeness (QED) is 0.855. The highest BCUT2D eigenvalue weighted by molar-refractivity contribution is 5.95. The highest BCUT2D eigenvalue weighted by Gasteiger charge is 2.16. The zero-order valence-electron chi connectivity index (χ0n) is 12.0. The average Bonchev–Trinajstić information content (AvgIpc) is 2.53. The lowest BCUT2D eigenvalue weighted by atomic mass is 10.1. The van der Waals surface area contributed by atoms with Crippen LogP contribution in [-0.2, 0) is 4.74 Å². The van der Waals surface area contributed by atoms with E-state index in [0.29, 0.717) is 11.3 Å². The van der Waals surface area contributed by atoms with Gasteiger partial charge in [0.1, 0.15) is 5.82 Å². The summed E-state index contributed by atoms with van der Waals surface area (Å²) in [4.78, 5) is 15.8. The number of esters is 1. The fraction of sp³-hybridized carbons (Fsp3) is 0.250. The lowest BCUT2D eigenvalue weighted by Gasteiger charge is -2.19. The molecule has 4 nitrogen and oxygen atoms in total. The Kier molecular flexibility index (Phi) is 4.87. The number of aromatic nitrogens is 1. The molecule has 0 spiro atoms. The maximum atomic E-state index is 13.0. The van der Waals surface area contributed by atoms with Gasteiger partial charge in [-0.15, -0.1) is 0 Å². The molecule has 2 rings (SSSR count). The second-order valence-corrected chi connectivity index (χ2v) is 4.54. The first-order valence-electron chi connectivity index (χ1n) is 6.71. The Hall–Kier alpha value is -2.43. The molecule has 0 saturated heterocycles. The topological polar surface area (TPSA) is 51.2 Å². The lowest BCUT2D eigenvalue weighted by Crippen LogP contribution is -2.14. The van der Waals surface area contributed by atoms with Crippen LogP contribution >= 0.6 is 0 Å². The molecule has 1 unspecified atom stereocenters. The Bertz CT molecular complexity index is 614. The van der Waals surface area contributed by atoms with Crippen LogP contribution in [0.1, 0.15) is 35.4 Å². The van der Waals surface area contributed by atoms with Gasteiger partial charge < -0.3 is 10.1 Å². The molecule has 0 amide bonds. The summed E-state index contributed by atoms with van der Waals surface area (Å²) < 4.78 is 17.7. The van der Waals surface area contributed by atoms with Gasteiger partial charge in [0.25, 0.3) is 0 Å². The summed E-state index contributed by atoms with van der Waals surface area (Å²) in [6.45, 7) is 1.99. The van der Waals surface area contributed by atoms with Gasteiger partial charge in [-0.1, -0.05) is 19.1 Å². The molecule has 2 aromatic rings. The summed E-state index contributed by atoms with van der Waals surface area (Å²) in [5, 5.41) is 3.26. The number of nitrogens with one attached hydrogen (secondary N) is 1. The zero-order chi connectivity index (χ0) is 15.2. The van der Waals surface area contributed by atoms with Crippen molar-refractivity contribution >= 4 is 11.7 Å². The standard InChI is InChI=1S/C16H17FN2O2/c1-3-13(15-9-8-11(17)10-18-15)19-14-7-5-4-6-12(14)16(20)21-2/h4-10,13,19H,3H2,1-2H3. The van der Waals surface area contributed by atoms with Crippen LogP contribution in [-0.4, -0.2) is 18.1 Å². The number of pyridine rings is 1. The van der Waals surface area contributed by atoms with E-state index in [1.165, 1.54) is 19.4 Å². The van der Waals surface area contributed by atoms with E-state index in [0.717, 1.165) is 12.1 Å². The molecule has 21 heavy (non-hydrogen) atoms. The van der Waals surface area contributed by atoms with Gasteiger partial charge in [-0.3, -0.25) is 4.98 Å².